The van der Waals surface area contributed by atoms with Crippen LogP contribution < -0.4 is 16.0 Å². The first-order valence-corrected chi connectivity index (χ1v) is 9.77. The van der Waals surface area contributed by atoms with Crippen molar-refractivity contribution in [3.63, 3.8) is 0 Å². The molecule has 8 heteroatoms. The van der Waals surface area contributed by atoms with Crippen molar-refractivity contribution in [3.05, 3.63) is 0 Å². The monoisotopic (exact) mass is 381 g/mol. The fraction of sp³-hybridized carbons (Fsp3) is 0.789. The highest BCUT2D eigenvalue weighted by Crippen LogP contribution is 2.29. The lowest BCUT2D eigenvalue weighted by molar-refractivity contribution is -0.127. The van der Waals surface area contributed by atoms with Crippen molar-refractivity contribution < 1.29 is 24.3 Å². The molecule has 152 valence electrons. The van der Waals surface area contributed by atoms with Crippen LogP contribution in [0.15, 0.2) is 0 Å². The molecule has 1 saturated carbocycles. The quantitative estimate of drug-likeness (QED) is 0.475. The molecule has 1 heterocycles. The fourth-order valence-corrected chi connectivity index (χ4v) is 4.26. The molecule has 0 bridgehead atoms. The van der Waals surface area contributed by atoms with E-state index in [1.807, 2.05) is 13.8 Å². The highest BCUT2D eigenvalue weighted by molar-refractivity contribution is 5.88. The van der Waals surface area contributed by atoms with Crippen molar-refractivity contribution in [2.24, 2.45) is 11.8 Å². The van der Waals surface area contributed by atoms with Gasteiger partial charge < -0.3 is 25.9 Å². The average molecular weight is 381 g/mol. The Morgan fingerprint density at radius 1 is 1.22 bits per heavy atom. The lowest BCUT2D eigenvalue weighted by Gasteiger charge is -2.27. The molecule has 27 heavy (non-hydrogen) atoms. The Bertz CT molecular complexity index is 572. The van der Waals surface area contributed by atoms with Crippen molar-refractivity contribution in [1.82, 2.24) is 16.0 Å². The normalized spacial score (nSPS) is 24.5. The third kappa shape index (κ3) is 6.52. The van der Waals surface area contributed by atoms with Crippen molar-refractivity contribution in [2.45, 2.75) is 82.8 Å². The number of rotatable bonds is 8. The second-order valence-electron chi connectivity index (χ2n) is 8.50. The molecular weight excluding hydrogens is 350 g/mol. The molecular formula is C19H31N3O5. The Labute approximate surface area is 159 Å². The van der Waals surface area contributed by atoms with Crippen molar-refractivity contribution >= 4 is 24.2 Å². The van der Waals surface area contributed by atoms with E-state index in [-0.39, 0.29) is 23.8 Å². The highest BCUT2D eigenvalue weighted by atomic mass is 16.4. The molecule has 0 aromatic heterocycles. The molecule has 3 atom stereocenters. The first kappa shape index (κ1) is 21.2. The van der Waals surface area contributed by atoms with Gasteiger partial charge in [-0.15, -0.1) is 0 Å². The van der Waals surface area contributed by atoms with Gasteiger partial charge in [-0.2, -0.15) is 0 Å². The Morgan fingerprint density at radius 2 is 1.89 bits per heavy atom. The summed E-state index contributed by atoms with van der Waals surface area (Å²) >= 11 is 0. The first-order chi connectivity index (χ1) is 12.7. The molecule has 2 rings (SSSR count). The standard InChI is InChI=1S/C19H31N3O5/c1-19(2)10-13(16(24)22-19)9-14(11-23)20-17(25)15(21-18(26)27)8-12-6-4-3-5-7-12/h11-15,21H,3-10H2,1-2H3,(H,20,25)(H,22,24)(H,26,27)/t13?,14?,15-/m0/s1. The van der Waals surface area contributed by atoms with Crippen LogP contribution >= 0.6 is 0 Å². The topological polar surface area (TPSA) is 125 Å². The van der Waals surface area contributed by atoms with Gasteiger partial charge in [-0.05, 0) is 39.0 Å². The maximum absolute atomic E-state index is 12.6. The second kappa shape index (κ2) is 9.19. The van der Waals surface area contributed by atoms with Crippen LogP contribution in [0, 0.1) is 11.8 Å². The number of nitrogens with one attached hydrogen (secondary N) is 3. The first-order valence-electron chi connectivity index (χ1n) is 9.77. The van der Waals surface area contributed by atoms with Crippen LogP contribution in [0.3, 0.4) is 0 Å². The number of aldehydes is 1. The van der Waals surface area contributed by atoms with Crippen LogP contribution in [0.1, 0.15) is 65.2 Å². The summed E-state index contributed by atoms with van der Waals surface area (Å²) in [5, 5.41) is 16.8. The van der Waals surface area contributed by atoms with Gasteiger partial charge in [0.15, 0.2) is 0 Å². The summed E-state index contributed by atoms with van der Waals surface area (Å²) in [6.45, 7) is 3.83. The molecule has 1 aliphatic heterocycles. The third-order valence-electron chi connectivity index (χ3n) is 5.53. The molecule has 2 aliphatic rings. The number of carbonyl (C=O) groups is 4. The number of carboxylic acid groups (broad SMARTS) is 1. The minimum absolute atomic E-state index is 0.122. The van der Waals surface area contributed by atoms with E-state index in [1.165, 1.54) is 6.42 Å². The summed E-state index contributed by atoms with van der Waals surface area (Å²) in [6, 6.07) is -1.70. The second-order valence-corrected chi connectivity index (χ2v) is 8.50. The maximum atomic E-state index is 12.6. The molecule has 2 unspecified atom stereocenters. The molecule has 2 fully saturated rings. The van der Waals surface area contributed by atoms with E-state index >= 15 is 0 Å². The van der Waals surface area contributed by atoms with E-state index in [1.54, 1.807) is 0 Å². The smallest absolute Gasteiger partial charge is 0.405 e. The van der Waals surface area contributed by atoms with Crippen molar-refractivity contribution in [2.75, 3.05) is 0 Å². The highest BCUT2D eigenvalue weighted by Gasteiger charge is 2.39. The van der Waals surface area contributed by atoms with Crippen LogP contribution in [0.2, 0.25) is 0 Å². The largest absolute Gasteiger partial charge is 0.465 e. The fourth-order valence-electron chi connectivity index (χ4n) is 4.26. The van der Waals surface area contributed by atoms with E-state index in [9.17, 15) is 19.2 Å². The Morgan fingerprint density at radius 3 is 2.41 bits per heavy atom. The predicted molar refractivity (Wildman–Crippen MR) is 99.1 cm³/mol. The van der Waals surface area contributed by atoms with Gasteiger partial charge in [0.05, 0.1) is 6.04 Å². The zero-order valence-corrected chi connectivity index (χ0v) is 16.1. The van der Waals surface area contributed by atoms with Crippen LogP contribution in [-0.4, -0.2) is 46.9 Å². The number of hydrogen-bond donors (Lipinski definition) is 4. The summed E-state index contributed by atoms with van der Waals surface area (Å²) in [7, 11) is 0. The third-order valence-corrected chi connectivity index (χ3v) is 5.53. The lowest BCUT2D eigenvalue weighted by Crippen LogP contribution is -2.51. The molecule has 0 aromatic carbocycles. The summed E-state index contributed by atoms with van der Waals surface area (Å²) in [4.78, 5) is 47.2. The van der Waals surface area contributed by atoms with Gasteiger partial charge in [-0.1, -0.05) is 32.1 Å². The molecule has 1 aliphatic carbocycles. The van der Waals surface area contributed by atoms with E-state index < -0.39 is 24.1 Å². The SMILES string of the molecule is CC1(C)CC(CC(C=O)NC(=O)[C@H](CC2CCCCC2)NC(=O)O)C(=O)N1. The van der Waals surface area contributed by atoms with Gasteiger partial charge in [0.25, 0.3) is 0 Å². The predicted octanol–water partition coefficient (Wildman–Crippen LogP) is 1.58. The summed E-state index contributed by atoms with van der Waals surface area (Å²) in [5.74, 6) is -0.668. The number of carbonyl (C=O) groups excluding carboxylic acids is 3. The van der Waals surface area contributed by atoms with E-state index in [4.69, 9.17) is 5.11 Å². The van der Waals surface area contributed by atoms with Gasteiger partial charge in [0.2, 0.25) is 11.8 Å². The molecule has 0 radical (unpaired) electrons. The van der Waals surface area contributed by atoms with Crippen molar-refractivity contribution in [3.8, 4) is 0 Å². The van der Waals surface area contributed by atoms with E-state index in [2.05, 4.69) is 16.0 Å². The Balaban J connectivity index is 1.95. The van der Waals surface area contributed by atoms with Crippen LogP contribution in [-0.2, 0) is 14.4 Å². The molecule has 0 aromatic rings. The summed E-state index contributed by atoms with van der Waals surface area (Å²) in [5.41, 5.74) is -0.326. The minimum atomic E-state index is -1.26. The van der Waals surface area contributed by atoms with Gasteiger partial charge in [-0.3, -0.25) is 9.59 Å². The zero-order valence-electron chi connectivity index (χ0n) is 16.1. The van der Waals surface area contributed by atoms with Gasteiger partial charge in [0.1, 0.15) is 12.3 Å². The molecule has 8 nitrogen and oxygen atoms in total. The average Bonchev–Trinajstić information content (AvgIpc) is 2.85. The van der Waals surface area contributed by atoms with Gasteiger partial charge in [-0.25, -0.2) is 4.79 Å². The summed E-state index contributed by atoms with van der Waals surface area (Å²) in [6.07, 6.45) is 5.93. The van der Waals surface area contributed by atoms with Crippen LogP contribution in [0.25, 0.3) is 0 Å². The zero-order chi connectivity index (χ0) is 20.0. The molecule has 3 amide bonds. The maximum Gasteiger partial charge on any atom is 0.405 e. The Kier molecular flexibility index (Phi) is 7.21. The molecule has 0 spiro atoms. The van der Waals surface area contributed by atoms with E-state index in [0.29, 0.717) is 25.0 Å². The molecule has 1 saturated heterocycles. The van der Waals surface area contributed by atoms with Crippen LogP contribution in [0.5, 0.6) is 0 Å². The summed E-state index contributed by atoms with van der Waals surface area (Å²) < 4.78 is 0. The lowest BCUT2D eigenvalue weighted by atomic mass is 9.84. The number of amides is 3. The van der Waals surface area contributed by atoms with Crippen molar-refractivity contribution in [1.29, 1.82) is 0 Å². The minimum Gasteiger partial charge on any atom is -0.465 e. The van der Waals surface area contributed by atoms with E-state index in [0.717, 1.165) is 25.7 Å². The number of hydrogen-bond acceptors (Lipinski definition) is 4. The van der Waals surface area contributed by atoms with Crippen LogP contribution in [0.4, 0.5) is 4.79 Å². The molecule has 4 N–H and O–H groups in total. The Hall–Kier alpha value is -2.12. The van der Waals surface area contributed by atoms with Gasteiger partial charge >= 0.3 is 6.09 Å². The van der Waals surface area contributed by atoms with Gasteiger partial charge in [0, 0.05) is 11.5 Å².